The van der Waals surface area contributed by atoms with Gasteiger partial charge in [0.2, 0.25) is 0 Å². The fourth-order valence-corrected chi connectivity index (χ4v) is 2.28. The van der Waals surface area contributed by atoms with Crippen molar-refractivity contribution in [3.8, 4) is 6.07 Å². The van der Waals surface area contributed by atoms with Crippen LogP contribution in [0.3, 0.4) is 0 Å². The highest BCUT2D eigenvalue weighted by molar-refractivity contribution is 9.10. The van der Waals surface area contributed by atoms with Crippen molar-refractivity contribution in [2.24, 2.45) is 0 Å². The minimum atomic E-state index is 0.207. The third-order valence-electron chi connectivity index (χ3n) is 1.64. The van der Waals surface area contributed by atoms with E-state index in [-0.39, 0.29) is 6.04 Å². The van der Waals surface area contributed by atoms with Gasteiger partial charge < -0.3 is 0 Å². The van der Waals surface area contributed by atoms with Gasteiger partial charge in [0.1, 0.15) is 6.07 Å². The van der Waals surface area contributed by atoms with Gasteiger partial charge >= 0.3 is 0 Å². The third-order valence-corrected chi connectivity index (χ3v) is 3.00. The summed E-state index contributed by atoms with van der Waals surface area (Å²) in [5, 5.41) is 13.9. The SMILES string of the molecule is CC(C)n1nc(CBr)c(Br)c1C#N. The molecule has 0 aromatic carbocycles. The van der Waals surface area contributed by atoms with Crippen molar-refractivity contribution in [3.63, 3.8) is 0 Å². The standard InChI is InChI=1S/C8H9Br2N3/c1-5(2)13-7(4-11)8(10)6(3-9)12-13/h5H,3H2,1-2H3. The second-order valence-electron chi connectivity index (χ2n) is 2.89. The summed E-state index contributed by atoms with van der Waals surface area (Å²) in [4.78, 5) is 0. The van der Waals surface area contributed by atoms with Crippen molar-refractivity contribution in [2.45, 2.75) is 25.2 Å². The van der Waals surface area contributed by atoms with Gasteiger partial charge in [-0.25, -0.2) is 0 Å². The molecule has 0 aliphatic carbocycles. The lowest BCUT2D eigenvalue weighted by Crippen LogP contribution is -2.05. The quantitative estimate of drug-likeness (QED) is 0.788. The predicted octanol–water partition coefficient (Wildman–Crippen LogP) is 2.99. The van der Waals surface area contributed by atoms with E-state index < -0.39 is 0 Å². The maximum Gasteiger partial charge on any atom is 0.153 e. The molecule has 0 saturated heterocycles. The molecule has 0 bridgehead atoms. The summed E-state index contributed by atoms with van der Waals surface area (Å²) in [7, 11) is 0. The zero-order chi connectivity index (χ0) is 10.0. The Morgan fingerprint density at radius 3 is 2.54 bits per heavy atom. The fourth-order valence-electron chi connectivity index (χ4n) is 1.02. The smallest absolute Gasteiger partial charge is 0.153 e. The van der Waals surface area contributed by atoms with E-state index in [1.54, 1.807) is 4.68 Å². The lowest BCUT2D eigenvalue weighted by Gasteiger charge is -2.05. The number of nitrogens with zero attached hydrogens (tertiary/aromatic N) is 3. The molecule has 1 aromatic rings. The zero-order valence-corrected chi connectivity index (χ0v) is 10.6. The van der Waals surface area contributed by atoms with Crippen LogP contribution in [-0.2, 0) is 5.33 Å². The average molecular weight is 307 g/mol. The summed E-state index contributed by atoms with van der Waals surface area (Å²) in [6, 6.07) is 2.34. The highest BCUT2D eigenvalue weighted by atomic mass is 79.9. The Hall–Kier alpha value is -0.340. The molecule has 0 unspecified atom stereocenters. The molecule has 0 saturated carbocycles. The maximum absolute atomic E-state index is 8.90. The molecule has 3 nitrogen and oxygen atoms in total. The Kier molecular flexibility index (Phi) is 3.51. The highest BCUT2D eigenvalue weighted by Gasteiger charge is 2.15. The van der Waals surface area contributed by atoms with Crippen molar-refractivity contribution in [1.29, 1.82) is 5.26 Å². The minimum absolute atomic E-state index is 0.207. The molecule has 0 aliphatic rings. The van der Waals surface area contributed by atoms with Gasteiger partial charge in [-0.2, -0.15) is 10.4 Å². The van der Waals surface area contributed by atoms with E-state index in [4.69, 9.17) is 5.26 Å². The van der Waals surface area contributed by atoms with Gasteiger partial charge in [-0.15, -0.1) is 0 Å². The van der Waals surface area contributed by atoms with E-state index in [1.807, 2.05) is 13.8 Å². The molecule has 70 valence electrons. The molecular weight excluding hydrogens is 298 g/mol. The van der Waals surface area contributed by atoms with E-state index in [0.29, 0.717) is 11.0 Å². The normalized spacial score (nSPS) is 10.5. The minimum Gasteiger partial charge on any atom is -0.251 e. The Bertz CT molecular complexity index is 349. The second kappa shape index (κ2) is 4.25. The van der Waals surface area contributed by atoms with E-state index in [1.165, 1.54) is 0 Å². The molecule has 0 N–H and O–H groups in total. The van der Waals surface area contributed by atoms with Crippen LogP contribution in [0.2, 0.25) is 0 Å². The molecule has 5 heteroatoms. The lowest BCUT2D eigenvalue weighted by atomic mass is 10.3. The van der Waals surface area contributed by atoms with Gasteiger partial charge in [0.25, 0.3) is 0 Å². The largest absolute Gasteiger partial charge is 0.251 e. The van der Waals surface area contributed by atoms with Gasteiger partial charge in [-0.1, -0.05) is 15.9 Å². The Balaban J connectivity index is 3.30. The van der Waals surface area contributed by atoms with Gasteiger partial charge in [0.15, 0.2) is 5.69 Å². The summed E-state index contributed by atoms with van der Waals surface area (Å²) >= 11 is 6.67. The van der Waals surface area contributed by atoms with Crippen LogP contribution >= 0.6 is 31.9 Å². The summed E-state index contributed by atoms with van der Waals surface area (Å²) in [6.07, 6.45) is 0. The fraction of sp³-hybridized carbons (Fsp3) is 0.500. The summed E-state index contributed by atoms with van der Waals surface area (Å²) in [5.41, 5.74) is 1.45. The summed E-state index contributed by atoms with van der Waals surface area (Å²) < 4.78 is 2.52. The first-order valence-corrected chi connectivity index (χ1v) is 5.76. The lowest BCUT2D eigenvalue weighted by molar-refractivity contribution is 0.523. The molecule has 1 aromatic heterocycles. The maximum atomic E-state index is 8.90. The molecule has 0 atom stereocenters. The van der Waals surface area contributed by atoms with Crippen LogP contribution in [0.4, 0.5) is 0 Å². The average Bonchev–Trinajstić information content (AvgIpc) is 2.42. The molecular formula is C8H9Br2N3. The van der Waals surface area contributed by atoms with Crippen molar-refractivity contribution < 1.29 is 0 Å². The van der Waals surface area contributed by atoms with Crippen molar-refractivity contribution in [2.75, 3.05) is 0 Å². The predicted molar refractivity (Wildman–Crippen MR) is 57.7 cm³/mol. The van der Waals surface area contributed by atoms with Crippen LogP contribution in [0, 0.1) is 11.3 Å². The highest BCUT2D eigenvalue weighted by Crippen LogP contribution is 2.24. The number of aromatic nitrogens is 2. The van der Waals surface area contributed by atoms with Crippen molar-refractivity contribution in [3.05, 3.63) is 15.9 Å². The summed E-state index contributed by atoms with van der Waals surface area (Å²) in [5.74, 6) is 0. The van der Waals surface area contributed by atoms with Crippen LogP contribution in [0.1, 0.15) is 31.3 Å². The molecule has 0 amide bonds. The number of nitriles is 1. The monoisotopic (exact) mass is 305 g/mol. The number of halogens is 2. The molecule has 0 aliphatic heterocycles. The first-order chi connectivity index (χ1) is 6.11. The van der Waals surface area contributed by atoms with Crippen LogP contribution in [0.5, 0.6) is 0 Å². The van der Waals surface area contributed by atoms with Gasteiger partial charge in [-0.05, 0) is 29.8 Å². The topological polar surface area (TPSA) is 41.6 Å². The molecule has 1 heterocycles. The molecule has 0 radical (unpaired) electrons. The van der Waals surface area contributed by atoms with Crippen molar-refractivity contribution >= 4 is 31.9 Å². The molecule has 13 heavy (non-hydrogen) atoms. The second-order valence-corrected chi connectivity index (χ2v) is 4.25. The van der Waals surface area contributed by atoms with E-state index in [2.05, 4.69) is 43.0 Å². The molecule has 0 spiro atoms. The van der Waals surface area contributed by atoms with Gasteiger partial charge in [0, 0.05) is 11.4 Å². The Labute approximate surface area is 94.0 Å². The van der Waals surface area contributed by atoms with E-state index in [9.17, 15) is 0 Å². The van der Waals surface area contributed by atoms with Gasteiger partial charge in [-0.3, -0.25) is 4.68 Å². The van der Waals surface area contributed by atoms with Crippen LogP contribution in [0.25, 0.3) is 0 Å². The van der Waals surface area contributed by atoms with Crippen molar-refractivity contribution in [1.82, 2.24) is 9.78 Å². The zero-order valence-electron chi connectivity index (χ0n) is 7.38. The number of hydrogen-bond acceptors (Lipinski definition) is 2. The van der Waals surface area contributed by atoms with Crippen LogP contribution in [-0.4, -0.2) is 9.78 Å². The first kappa shape index (κ1) is 10.7. The molecule has 1 rings (SSSR count). The number of rotatable bonds is 2. The van der Waals surface area contributed by atoms with E-state index in [0.717, 1.165) is 10.2 Å². The van der Waals surface area contributed by atoms with E-state index >= 15 is 0 Å². The summed E-state index contributed by atoms with van der Waals surface area (Å²) in [6.45, 7) is 4.00. The Morgan fingerprint density at radius 2 is 2.23 bits per heavy atom. The van der Waals surface area contributed by atoms with Gasteiger partial charge in [0.05, 0.1) is 10.2 Å². The van der Waals surface area contributed by atoms with Crippen LogP contribution < -0.4 is 0 Å². The first-order valence-electron chi connectivity index (χ1n) is 3.84. The number of hydrogen-bond donors (Lipinski definition) is 0. The molecule has 0 fully saturated rings. The Morgan fingerprint density at radius 1 is 1.62 bits per heavy atom. The third kappa shape index (κ3) is 1.94. The number of alkyl halides is 1. The van der Waals surface area contributed by atoms with Crippen LogP contribution in [0.15, 0.2) is 4.47 Å².